The quantitative estimate of drug-likeness (QED) is 0.603. The lowest BCUT2D eigenvalue weighted by Gasteiger charge is -2.05. The van der Waals surface area contributed by atoms with Crippen LogP contribution in [0.3, 0.4) is 0 Å². The molecule has 19 heavy (non-hydrogen) atoms. The number of aliphatic hydroxyl groups is 1. The Morgan fingerprint density at radius 1 is 1.21 bits per heavy atom. The molecule has 0 aromatic heterocycles. The number of carbonyl (C=O) groups excluding carboxylic acids is 2. The van der Waals surface area contributed by atoms with Crippen molar-refractivity contribution >= 4 is 11.9 Å². The molecule has 0 amide bonds. The Morgan fingerprint density at radius 3 is 2.47 bits per heavy atom. The first kappa shape index (κ1) is 15.2. The first-order valence-electron chi connectivity index (χ1n) is 6.26. The predicted molar refractivity (Wildman–Crippen MR) is 69.0 cm³/mol. The second-order valence-electron chi connectivity index (χ2n) is 3.96. The predicted octanol–water partition coefficient (Wildman–Crippen LogP) is 1.93. The van der Waals surface area contributed by atoms with Crippen molar-refractivity contribution in [2.45, 2.75) is 26.2 Å². The fraction of sp³-hybridized carbons (Fsp3) is 0.429. The molecule has 0 atom stereocenters. The summed E-state index contributed by atoms with van der Waals surface area (Å²) in [6.45, 7) is 2.26. The van der Waals surface area contributed by atoms with Crippen LogP contribution < -0.4 is 4.74 Å². The number of carbonyl (C=O) groups is 2. The van der Waals surface area contributed by atoms with Crippen LogP contribution in [-0.4, -0.2) is 30.3 Å². The van der Waals surface area contributed by atoms with E-state index in [1.54, 1.807) is 24.3 Å². The topological polar surface area (TPSA) is 72.8 Å². The van der Waals surface area contributed by atoms with Gasteiger partial charge < -0.3 is 14.6 Å². The van der Waals surface area contributed by atoms with Gasteiger partial charge >= 0.3 is 11.9 Å². The molecule has 1 aromatic carbocycles. The Morgan fingerprint density at radius 2 is 1.89 bits per heavy atom. The fourth-order valence-corrected chi connectivity index (χ4v) is 1.34. The summed E-state index contributed by atoms with van der Waals surface area (Å²) in [4.78, 5) is 22.8. The number of aliphatic hydroxyl groups excluding tert-OH is 1. The van der Waals surface area contributed by atoms with E-state index in [-0.39, 0.29) is 19.0 Å². The molecule has 0 aliphatic rings. The maximum Gasteiger partial charge on any atom is 0.338 e. The van der Waals surface area contributed by atoms with Gasteiger partial charge in [-0.05, 0) is 37.1 Å². The van der Waals surface area contributed by atoms with Crippen molar-refractivity contribution in [1.82, 2.24) is 0 Å². The summed E-state index contributed by atoms with van der Waals surface area (Å²) in [7, 11) is 0. The summed E-state index contributed by atoms with van der Waals surface area (Å²) < 4.78 is 10.0. The number of esters is 2. The molecule has 0 saturated carbocycles. The van der Waals surface area contributed by atoms with Crippen LogP contribution in [0, 0.1) is 0 Å². The molecule has 1 N–H and O–H groups in total. The largest absolute Gasteiger partial charge is 0.462 e. The van der Waals surface area contributed by atoms with E-state index in [2.05, 4.69) is 0 Å². The fourth-order valence-electron chi connectivity index (χ4n) is 1.34. The molecule has 0 aliphatic carbocycles. The smallest absolute Gasteiger partial charge is 0.338 e. The minimum atomic E-state index is -0.407. The molecule has 0 unspecified atom stereocenters. The lowest BCUT2D eigenvalue weighted by Crippen LogP contribution is -2.09. The Hall–Kier alpha value is -1.88. The molecule has 0 aliphatic heterocycles. The summed E-state index contributed by atoms with van der Waals surface area (Å²) in [6.07, 6.45) is 1.31. The van der Waals surface area contributed by atoms with Crippen LogP contribution >= 0.6 is 0 Å². The summed E-state index contributed by atoms with van der Waals surface area (Å²) in [6, 6.07) is 6.18. The first-order valence-corrected chi connectivity index (χ1v) is 6.26. The molecule has 104 valence electrons. The van der Waals surface area contributed by atoms with Gasteiger partial charge in [-0.2, -0.15) is 0 Å². The highest BCUT2D eigenvalue weighted by molar-refractivity contribution is 5.89. The highest BCUT2D eigenvalue weighted by Crippen LogP contribution is 2.14. The van der Waals surface area contributed by atoms with Crippen LogP contribution in [0.5, 0.6) is 5.75 Å². The minimum Gasteiger partial charge on any atom is -0.462 e. The summed E-state index contributed by atoms with van der Waals surface area (Å²) in [5, 5.41) is 8.59. The molecule has 1 rings (SSSR count). The van der Waals surface area contributed by atoms with Crippen molar-refractivity contribution in [3.63, 3.8) is 0 Å². The maximum absolute atomic E-state index is 11.5. The van der Waals surface area contributed by atoms with Crippen molar-refractivity contribution in [3.8, 4) is 5.75 Å². The molecule has 0 heterocycles. The lowest BCUT2D eigenvalue weighted by molar-refractivity contribution is -0.134. The van der Waals surface area contributed by atoms with Gasteiger partial charge in [-0.3, -0.25) is 4.79 Å². The minimum absolute atomic E-state index is 0.0443. The van der Waals surface area contributed by atoms with Gasteiger partial charge in [-0.1, -0.05) is 6.92 Å². The molecular formula is C14H18O5. The van der Waals surface area contributed by atoms with E-state index in [4.69, 9.17) is 14.6 Å². The zero-order chi connectivity index (χ0) is 14.1. The van der Waals surface area contributed by atoms with E-state index < -0.39 is 5.97 Å². The van der Waals surface area contributed by atoms with Crippen molar-refractivity contribution in [2.75, 3.05) is 13.2 Å². The van der Waals surface area contributed by atoms with Gasteiger partial charge in [0, 0.05) is 13.0 Å². The number of benzene rings is 1. The van der Waals surface area contributed by atoms with E-state index in [9.17, 15) is 9.59 Å². The van der Waals surface area contributed by atoms with Crippen LogP contribution in [0.4, 0.5) is 0 Å². The van der Waals surface area contributed by atoms with Gasteiger partial charge in [0.15, 0.2) is 0 Å². The number of hydrogen-bond donors (Lipinski definition) is 1. The second-order valence-corrected chi connectivity index (χ2v) is 3.96. The standard InChI is InChI=1S/C14H18O5/c1-2-10-18-14(17)11-5-7-12(8-6-11)19-13(16)4-3-9-15/h5-8,15H,2-4,9-10H2,1H3. The van der Waals surface area contributed by atoms with E-state index >= 15 is 0 Å². The maximum atomic E-state index is 11.5. The molecule has 0 fully saturated rings. The third kappa shape index (κ3) is 5.52. The Labute approximate surface area is 112 Å². The van der Waals surface area contributed by atoms with E-state index in [0.29, 0.717) is 24.3 Å². The molecule has 0 saturated heterocycles. The second kappa shape index (κ2) is 8.26. The van der Waals surface area contributed by atoms with Gasteiger partial charge in [0.2, 0.25) is 0 Å². The van der Waals surface area contributed by atoms with E-state index in [0.717, 1.165) is 6.42 Å². The van der Waals surface area contributed by atoms with Crippen molar-refractivity contribution in [2.24, 2.45) is 0 Å². The van der Waals surface area contributed by atoms with Crippen molar-refractivity contribution < 1.29 is 24.2 Å². The van der Waals surface area contributed by atoms with Crippen molar-refractivity contribution in [1.29, 1.82) is 0 Å². The summed E-state index contributed by atoms with van der Waals surface area (Å²) in [5.41, 5.74) is 0.420. The van der Waals surface area contributed by atoms with Crippen molar-refractivity contribution in [3.05, 3.63) is 29.8 Å². The SMILES string of the molecule is CCCOC(=O)c1ccc(OC(=O)CCCO)cc1. The first-order chi connectivity index (χ1) is 9.17. The molecule has 0 radical (unpaired) electrons. The molecule has 0 spiro atoms. The summed E-state index contributed by atoms with van der Waals surface area (Å²) in [5.74, 6) is -0.426. The summed E-state index contributed by atoms with van der Waals surface area (Å²) >= 11 is 0. The number of ether oxygens (including phenoxy) is 2. The van der Waals surface area contributed by atoms with Crippen LogP contribution in [0.25, 0.3) is 0 Å². The van der Waals surface area contributed by atoms with Gasteiger partial charge in [-0.15, -0.1) is 0 Å². The van der Waals surface area contributed by atoms with E-state index in [1.807, 2.05) is 6.92 Å². The zero-order valence-electron chi connectivity index (χ0n) is 10.9. The van der Waals surface area contributed by atoms with Gasteiger partial charge in [0.25, 0.3) is 0 Å². The highest BCUT2D eigenvalue weighted by Gasteiger charge is 2.08. The monoisotopic (exact) mass is 266 g/mol. The third-order valence-electron chi connectivity index (χ3n) is 2.30. The molecule has 5 heteroatoms. The number of hydrogen-bond acceptors (Lipinski definition) is 5. The average molecular weight is 266 g/mol. The molecule has 0 bridgehead atoms. The van der Waals surface area contributed by atoms with Crippen LogP contribution in [-0.2, 0) is 9.53 Å². The zero-order valence-corrected chi connectivity index (χ0v) is 10.9. The Bertz CT molecular complexity index is 410. The molecule has 5 nitrogen and oxygen atoms in total. The highest BCUT2D eigenvalue weighted by atomic mass is 16.5. The molecular weight excluding hydrogens is 248 g/mol. The lowest BCUT2D eigenvalue weighted by atomic mass is 10.2. The average Bonchev–Trinajstić information content (AvgIpc) is 2.43. The third-order valence-corrected chi connectivity index (χ3v) is 2.30. The van der Waals surface area contributed by atoms with Crippen LogP contribution in [0.2, 0.25) is 0 Å². The van der Waals surface area contributed by atoms with Gasteiger partial charge in [-0.25, -0.2) is 4.79 Å². The Kier molecular flexibility index (Phi) is 6.60. The van der Waals surface area contributed by atoms with Gasteiger partial charge in [0.05, 0.1) is 12.2 Å². The number of rotatable bonds is 7. The Balaban J connectivity index is 2.51. The van der Waals surface area contributed by atoms with Crippen LogP contribution in [0.15, 0.2) is 24.3 Å². The normalized spacial score (nSPS) is 10.0. The van der Waals surface area contributed by atoms with Gasteiger partial charge in [0.1, 0.15) is 5.75 Å². The molecule has 1 aromatic rings. The van der Waals surface area contributed by atoms with E-state index in [1.165, 1.54) is 0 Å². The van der Waals surface area contributed by atoms with Crippen LogP contribution in [0.1, 0.15) is 36.5 Å².